The monoisotopic (exact) mass is 370 g/mol. The summed E-state index contributed by atoms with van der Waals surface area (Å²) in [5.74, 6) is 0.110. The van der Waals surface area contributed by atoms with E-state index in [1.807, 2.05) is 0 Å². The minimum atomic E-state index is -1.35. The number of hydrogen-bond acceptors (Lipinski definition) is 0. The lowest BCUT2D eigenvalue weighted by Gasteiger charge is -2.35. The van der Waals surface area contributed by atoms with Gasteiger partial charge in [-0.05, 0) is 0 Å². The summed E-state index contributed by atoms with van der Waals surface area (Å²) in [6.45, 7) is 16.3. The Labute approximate surface area is 148 Å². The molecule has 0 saturated carbocycles. The molecule has 0 N–H and O–H groups in total. The van der Waals surface area contributed by atoms with Crippen molar-refractivity contribution in [3.05, 3.63) is 46.8 Å². The fourth-order valence-electron chi connectivity index (χ4n) is 2.91. The number of allylic oxidation sites excluding steroid dienone is 8. The summed E-state index contributed by atoms with van der Waals surface area (Å²) in [7, 11) is -2.69. The second kappa shape index (κ2) is 5.51. The minimum Gasteiger partial charge on any atom is -0.110 e. The SMILES string of the molecule is CC(C1(Cl)C=CC([Si](C)(C)C)=C1)C1(Cl)C=CC([Si](C)(C)C)=C1. The smallest absolute Gasteiger partial charge is 0.0859 e. The molecule has 0 amide bonds. The molecule has 0 aromatic carbocycles. The largest absolute Gasteiger partial charge is 0.110 e. The lowest BCUT2D eigenvalue weighted by Crippen LogP contribution is -2.39. The maximum atomic E-state index is 6.98. The van der Waals surface area contributed by atoms with E-state index in [9.17, 15) is 0 Å². The van der Waals surface area contributed by atoms with Crippen molar-refractivity contribution in [2.24, 2.45) is 5.92 Å². The summed E-state index contributed by atoms with van der Waals surface area (Å²) in [6, 6.07) is 0. The topological polar surface area (TPSA) is 0 Å². The molecule has 0 aromatic heterocycles. The van der Waals surface area contributed by atoms with Gasteiger partial charge in [-0.1, -0.05) is 93.1 Å². The van der Waals surface area contributed by atoms with Crippen molar-refractivity contribution < 1.29 is 0 Å². The molecule has 0 saturated heterocycles. The first-order valence-electron chi connectivity index (χ1n) is 8.01. The maximum Gasteiger partial charge on any atom is 0.0859 e. The molecule has 0 bridgehead atoms. The molecule has 0 nitrogen and oxygen atoms in total. The van der Waals surface area contributed by atoms with E-state index in [0.717, 1.165) is 0 Å². The lowest BCUT2D eigenvalue weighted by molar-refractivity contribution is 0.483. The van der Waals surface area contributed by atoms with Crippen LogP contribution in [0.4, 0.5) is 0 Å². The van der Waals surface area contributed by atoms with Crippen molar-refractivity contribution in [1.82, 2.24) is 0 Å². The molecule has 2 unspecified atom stereocenters. The molecular formula is C18H28Cl2Si2. The Balaban J connectivity index is 2.33. The number of rotatable bonds is 4. The van der Waals surface area contributed by atoms with Gasteiger partial charge in [-0.25, -0.2) is 0 Å². The predicted molar refractivity (Wildman–Crippen MR) is 107 cm³/mol. The molecule has 0 aliphatic heterocycles. The van der Waals surface area contributed by atoms with E-state index in [-0.39, 0.29) is 5.92 Å². The van der Waals surface area contributed by atoms with Crippen LogP contribution in [-0.2, 0) is 0 Å². The van der Waals surface area contributed by atoms with Crippen molar-refractivity contribution in [2.45, 2.75) is 56.0 Å². The van der Waals surface area contributed by atoms with Gasteiger partial charge >= 0.3 is 0 Å². The molecule has 2 atom stereocenters. The Morgan fingerprint density at radius 2 is 1.09 bits per heavy atom. The third-order valence-corrected chi connectivity index (χ3v) is 10.1. The molecule has 2 aliphatic rings. The highest BCUT2D eigenvalue weighted by Crippen LogP contribution is 2.48. The standard InChI is InChI=1S/C18H28Cl2Si2/c1-14(17(19)10-8-15(12-17)21(2,3)4)18(20)11-9-16(13-18)22(5,6)7/h8-14H,1-7H3. The average Bonchev–Trinajstić information content (AvgIpc) is 2.93. The number of alkyl halides is 2. The van der Waals surface area contributed by atoms with E-state index < -0.39 is 25.9 Å². The first kappa shape index (κ1) is 18.3. The Morgan fingerprint density at radius 3 is 1.32 bits per heavy atom. The first-order valence-corrected chi connectivity index (χ1v) is 15.8. The molecule has 2 aliphatic carbocycles. The van der Waals surface area contributed by atoms with E-state index >= 15 is 0 Å². The summed E-state index contributed by atoms with van der Waals surface area (Å²) in [6.07, 6.45) is 13.2. The van der Waals surface area contributed by atoms with E-state index in [2.05, 4.69) is 82.7 Å². The van der Waals surface area contributed by atoms with Crippen LogP contribution in [0.3, 0.4) is 0 Å². The fourth-order valence-corrected chi connectivity index (χ4v) is 6.39. The molecule has 0 aromatic rings. The normalized spacial score (nSPS) is 33.1. The highest BCUT2D eigenvalue weighted by Gasteiger charge is 2.46. The zero-order valence-electron chi connectivity index (χ0n) is 14.8. The Hall–Kier alpha value is -0.0262. The van der Waals surface area contributed by atoms with Crippen molar-refractivity contribution >= 4 is 39.3 Å². The summed E-state index contributed by atoms with van der Waals surface area (Å²) in [4.78, 5) is -0.958. The second-order valence-electron chi connectivity index (χ2n) is 8.74. The highest BCUT2D eigenvalue weighted by molar-refractivity contribution is 6.84. The summed E-state index contributed by atoms with van der Waals surface area (Å²) in [5, 5.41) is 2.84. The molecule has 22 heavy (non-hydrogen) atoms. The minimum absolute atomic E-state index is 0.110. The van der Waals surface area contributed by atoms with Crippen LogP contribution in [0, 0.1) is 5.92 Å². The number of hydrogen-bond donors (Lipinski definition) is 0. The quantitative estimate of drug-likeness (QED) is 0.400. The van der Waals surface area contributed by atoms with Gasteiger partial charge in [0.1, 0.15) is 0 Å². The predicted octanol–water partition coefficient (Wildman–Crippen LogP) is 6.32. The van der Waals surface area contributed by atoms with Gasteiger partial charge in [0.2, 0.25) is 0 Å². The van der Waals surface area contributed by atoms with Gasteiger partial charge in [-0.2, -0.15) is 0 Å². The fraction of sp³-hybridized carbons (Fsp3) is 0.556. The summed E-state index contributed by atoms with van der Waals surface area (Å²) < 4.78 is 0. The average molecular weight is 372 g/mol. The van der Waals surface area contributed by atoms with Crippen LogP contribution in [0.2, 0.25) is 39.3 Å². The first-order chi connectivity index (χ1) is 9.78. The third kappa shape index (κ3) is 3.40. The van der Waals surface area contributed by atoms with Crippen LogP contribution in [0.25, 0.3) is 0 Å². The van der Waals surface area contributed by atoms with Crippen molar-refractivity contribution in [1.29, 1.82) is 0 Å². The molecule has 2 rings (SSSR count). The van der Waals surface area contributed by atoms with Crippen molar-refractivity contribution in [3.8, 4) is 0 Å². The van der Waals surface area contributed by atoms with Crippen LogP contribution < -0.4 is 0 Å². The highest BCUT2D eigenvalue weighted by atomic mass is 35.5. The molecule has 4 heteroatoms. The van der Waals surface area contributed by atoms with Crippen molar-refractivity contribution in [2.75, 3.05) is 0 Å². The van der Waals surface area contributed by atoms with E-state index in [1.54, 1.807) is 0 Å². The van der Waals surface area contributed by atoms with Crippen LogP contribution in [-0.4, -0.2) is 25.9 Å². The number of halogens is 2. The van der Waals surface area contributed by atoms with Gasteiger partial charge in [0.25, 0.3) is 0 Å². The van der Waals surface area contributed by atoms with E-state index in [1.165, 1.54) is 10.4 Å². The summed E-state index contributed by atoms with van der Waals surface area (Å²) >= 11 is 14.0. The van der Waals surface area contributed by atoms with Gasteiger partial charge in [0.15, 0.2) is 0 Å². The second-order valence-corrected chi connectivity index (χ2v) is 20.2. The van der Waals surface area contributed by atoms with E-state index in [0.29, 0.717) is 0 Å². The zero-order chi connectivity index (χ0) is 17.0. The molecule has 0 heterocycles. The third-order valence-electron chi connectivity index (χ3n) is 4.85. The van der Waals surface area contributed by atoms with Crippen LogP contribution >= 0.6 is 23.2 Å². The van der Waals surface area contributed by atoms with Crippen molar-refractivity contribution in [3.63, 3.8) is 0 Å². The van der Waals surface area contributed by atoms with Gasteiger partial charge in [0.05, 0.1) is 25.9 Å². The van der Waals surface area contributed by atoms with Crippen LogP contribution in [0.1, 0.15) is 6.92 Å². The maximum absolute atomic E-state index is 6.98. The molecule has 0 fully saturated rings. The zero-order valence-corrected chi connectivity index (χ0v) is 18.3. The Morgan fingerprint density at radius 1 is 0.773 bits per heavy atom. The molecule has 0 spiro atoms. The molecular weight excluding hydrogens is 343 g/mol. The lowest BCUT2D eigenvalue weighted by atomic mass is 9.83. The summed E-state index contributed by atoms with van der Waals surface area (Å²) in [5.41, 5.74) is 0. The van der Waals surface area contributed by atoms with Gasteiger partial charge in [0, 0.05) is 5.92 Å². The van der Waals surface area contributed by atoms with Crippen LogP contribution in [0.5, 0.6) is 0 Å². The van der Waals surface area contributed by atoms with Crippen LogP contribution in [0.15, 0.2) is 46.8 Å². The van der Waals surface area contributed by atoms with E-state index in [4.69, 9.17) is 23.2 Å². The van der Waals surface area contributed by atoms with Gasteiger partial charge in [-0.15, -0.1) is 23.2 Å². The Bertz CT molecular complexity index is 535. The molecule has 122 valence electrons. The van der Waals surface area contributed by atoms with Gasteiger partial charge in [-0.3, -0.25) is 0 Å². The Kier molecular flexibility index (Phi) is 4.59. The molecule has 0 radical (unpaired) electrons. The van der Waals surface area contributed by atoms with Gasteiger partial charge < -0.3 is 0 Å².